The smallest absolute Gasteiger partial charge is 0.416 e. The molecule has 0 aliphatic carbocycles. The molecular formula is C16H15F3N2O4. The van der Waals surface area contributed by atoms with Gasteiger partial charge in [-0.05, 0) is 24.3 Å². The molecule has 1 aromatic carbocycles. The van der Waals surface area contributed by atoms with Gasteiger partial charge >= 0.3 is 6.18 Å². The van der Waals surface area contributed by atoms with E-state index < -0.39 is 23.6 Å². The number of amides is 2. The number of benzene rings is 1. The molecule has 2 amide bonds. The zero-order valence-corrected chi connectivity index (χ0v) is 12.9. The molecule has 0 fully saturated rings. The molecule has 2 N–H and O–H groups in total. The molecule has 9 heteroatoms. The molecule has 2 rings (SSSR count). The van der Waals surface area contributed by atoms with Crippen molar-refractivity contribution in [2.75, 3.05) is 19.7 Å². The van der Waals surface area contributed by atoms with E-state index in [2.05, 4.69) is 10.6 Å². The van der Waals surface area contributed by atoms with E-state index in [1.54, 1.807) is 0 Å². The van der Waals surface area contributed by atoms with E-state index in [-0.39, 0.29) is 25.4 Å². The number of hydrogen-bond donors (Lipinski definition) is 2. The van der Waals surface area contributed by atoms with Crippen LogP contribution >= 0.6 is 0 Å². The lowest BCUT2D eigenvalue weighted by Gasteiger charge is -2.11. The van der Waals surface area contributed by atoms with Crippen LogP contribution in [0.2, 0.25) is 0 Å². The van der Waals surface area contributed by atoms with Crippen LogP contribution in [0.25, 0.3) is 0 Å². The first-order chi connectivity index (χ1) is 11.9. The molecule has 0 saturated heterocycles. The lowest BCUT2D eigenvalue weighted by molar-refractivity contribution is -0.137. The highest BCUT2D eigenvalue weighted by atomic mass is 19.4. The Balaban J connectivity index is 1.67. The Morgan fingerprint density at radius 1 is 1.16 bits per heavy atom. The van der Waals surface area contributed by atoms with Crippen molar-refractivity contribution < 1.29 is 31.9 Å². The number of halogens is 3. The van der Waals surface area contributed by atoms with Gasteiger partial charge in [-0.15, -0.1) is 0 Å². The van der Waals surface area contributed by atoms with Gasteiger partial charge in [0.15, 0.2) is 0 Å². The molecule has 134 valence electrons. The second-order valence-corrected chi connectivity index (χ2v) is 4.92. The summed E-state index contributed by atoms with van der Waals surface area (Å²) in [5, 5.41) is 4.86. The van der Waals surface area contributed by atoms with Gasteiger partial charge in [0.05, 0.1) is 30.5 Å². The van der Waals surface area contributed by atoms with Crippen LogP contribution < -0.4 is 15.4 Å². The Bertz CT molecular complexity index is 714. The van der Waals surface area contributed by atoms with E-state index >= 15 is 0 Å². The summed E-state index contributed by atoms with van der Waals surface area (Å²) >= 11 is 0. The normalized spacial score (nSPS) is 11.0. The summed E-state index contributed by atoms with van der Waals surface area (Å²) in [7, 11) is 0. The molecule has 0 bridgehead atoms. The predicted molar refractivity (Wildman–Crippen MR) is 81.0 cm³/mol. The molecule has 0 spiro atoms. The maximum absolute atomic E-state index is 12.6. The molecule has 1 aromatic heterocycles. The maximum atomic E-state index is 12.6. The Labute approximate surface area is 141 Å². The minimum atomic E-state index is -4.44. The van der Waals surface area contributed by atoms with Crippen molar-refractivity contribution in [3.8, 4) is 5.75 Å². The fraction of sp³-hybridized carbons (Fsp3) is 0.250. The topological polar surface area (TPSA) is 80.6 Å². The highest BCUT2D eigenvalue weighted by Gasteiger charge is 2.30. The first-order valence-electron chi connectivity index (χ1n) is 7.23. The molecular weight excluding hydrogens is 341 g/mol. The maximum Gasteiger partial charge on any atom is 0.416 e. The third kappa shape index (κ3) is 5.87. The fourth-order valence-corrected chi connectivity index (χ4v) is 1.84. The molecule has 6 nitrogen and oxygen atoms in total. The highest BCUT2D eigenvalue weighted by Crippen LogP contribution is 2.31. The van der Waals surface area contributed by atoms with E-state index in [0.29, 0.717) is 5.56 Å². The number of carbonyl (C=O) groups is 2. The van der Waals surface area contributed by atoms with E-state index in [1.807, 2.05) is 0 Å². The number of rotatable bonds is 7. The monoisotopic (exact) mass is 356 g/mol. The Morgan fingerprint density at radius 3 is 2.64 bits per heavy atom. The number of carbonyl (C=O) groups excluding carboxylic acids is 2. The SMILES string of the molecule is O=C(CNC(=O)c1ccoc1)NCCOc1cccc(C(F)(F)F)c1. The summed E-state index contributed by atoms with van der Waals surface area (Å²) in [5.74, 6) is -0.856. The second-order valence-electron chi connectivity index (χ2n) is 4.92. The lowest BCUT2D eigenvalue weighted by Crippen LogP contribution is -2.38. The molecule has 0 aliphatic rings. The van der Waals surface area contributed by atoms with Crippen LogP contribution in [0.1, 0.15) is 15.9 Å². The molecule has 25 heavy (non-hydrogen) atoms. The summed E-state index contributed by atoms with van der Waals surface area (Å²) in [4.78, 5) is 23.1. The quantitative estimate of drug-likeness (QED) is 0.746. The molecule has 2 aromatic rings. The van der Waals surface area contributed by atoms with E-state index in [9.17, 15) is 22.8 Å². The summed E-state index contributed by atoms with van der Waals surface area (Å²) in [6.07, 6.45) is -1.86. The van der Waals surface area contributed by atoms with E-state index in [4.69, 9.17) is 9.15 Å². The van der Waals surface area contributed by atoms with Crippen molar-refractivity contribution in [2.24, 2.45) is 0 Å². The molecule has 0 unspecified atom stereocenters. The molecule has 0 aliphatic heterocycles. The van der Waals surface area contributed by atoms with Gasteiger partial charge in [-0.3, -0.25) is 9.59 Å². The van der Waals surface area contributed by atoms with Crippen LogP contribution in [0.3, 0.4) is 0 Å². The van der Waals surface area contributed by atoms with Crippen LogP contribution in [0.15, 0.2) is 47.3 Å². The second kappa shape index (κ2) is 8.22. The molecule has 0 saturated carbocycles. The van der Waals surface area contributed by atoms with Gasteiger partial charge in [-0.25, -0.2) is 0 Å². The summed E-state index contributed by atoms with van der Waals surface area (Å²) in [5.41, 5.74) is -0.517. The number of ether oxygens (including phenoxy) is 1. The fourth-order valence-electron chi connectivity index (χ4n) is 1.84. The Morgan fingerprint density at radius 2 is 1.96 bits per heavy atom. The van der Waals surface area contributed by atoms with E-state index in [0.717, 1.165) is 12.1 Å². The van der Waals surface area contributed by atoms with Gasteiger partial charge < -0.3 is 19.8 Å². The number of nitrogens with one attached hydrogen (secondary N) is 2. The number of hydrogen-bond acceptors (Lipinski definition) is 4. The average molecular weight is 356 g/mol. The van der Waals surface area contributed by atoms with Crippen LogP contribution in [0.4, 0.5) is 13.2 Å². The van der Waals surface area contributed by atoms with Crippen molar-refractivity contribution in [2.45, 2.75) is 6.18 Å². The van der Waals surface area contributed by atoms with Crippen molar-refractivity contribution >= 4 is 11.8 Å². The summed E-state index contributed by atoms with van der Waals surface area (Å²) in [6, 6.07) is 5.91. The van der Waals surface area contributed by atoms with Crippen molar-refractivity contribution in [1.29, 1.82) is 0 Å². The largest absolute Gasteiger partial charge is 0.492 e. The minimum Gasteiger partial charge on any atom is -0.492 e. The Kier molecular flexibility index (Phi) is 6.04. The first-order valence-corrected chi connectivity index (χ1v) is 7.23. The van der Waals surface area contributed by atoms with Gasteiger partial charge in [0.2, 0.25) is 5.91 Å². The van der Waals surface area contributed by atoms with Crippen LogP contribution in [-0.2, 0) is 11.0 Å². The lowest BCUT2D eigenvalue weighted by atomic mass is 10.2. The van der Waals surface area contributed by atoms with Gasteiger partial charge in [0.25, 0.3) is 5.91 Å². The van der Waals surface area contributed by atoms with Crippen molar-refractivity contribution in [3.05, 3.63) is 54.0 Å². The van der Waals surface area contributed by atoms with Gasteiger partial charge in [0, 0.05) is 0 Å². The molecule has 0 atom stereocenters. The standard InChI is InChI=1S/C16H15F3N2O4/c17-16(18,19)12-2-1-3-13(8-12)25-7-5-20-14(22)9-21-15(23)11-4-6-24-10-11/h1-4,6,8,10H,5,7,9H2,(H,20,22)(H,21,23). The average Bonchev–Trinajstić information content (AvgIpc) is 3.11. The van der Waals surface area contributed by atoms with Gasteiger partial charge in [-0.2, -0.15) is 13.2 Å². The summed E-state index contributed by atoms with van der Waals surface area (Å²) in [6.45, 7) is -0.174. The minimum absolute atomic E-state index is 0.0112. The van der Waals surface area contributed by atoms with Crippen molar-refractivity contribution in [1.82, 2.24) is 10.6 Å². The molecule has 0 radical (unpaired) electrons. The van der Waals surface area contributed by atoms with Crippen LogP contribution in [0.5, 0.6) is 5.75 Å². The van der Waals surface area contributed by atoms with Gasteiger partial charge in [-0.1, -0.05) is 6.07 Å². The number of alkyl halides is 3. The van der Waals surface area contributed by atoms with Crippen LogP contribution in [-0.4, -0.2) is 31.5 Å². The Hall–Kier alpha value is -2.97. The zero-order chi connectivity index (χ0) is 18.3. The third-order valence-corrected chi connectivity index (χ3v) is 3.05. The van der Waals surface area contributed by atoms with Crippen LogP contribution in [0, 0.1) is 0 Å². The van der Waals surface area contributed by atoms with Gasteiger partial charge in [0.1, 0.15) is 18.6 Å². The predicted octanol–water partition coefficient (Wildman–Crippen LogP) is 2.22. The van der Waals surface area contributed by atoms with Crippen molar-refractivity contribution in [3.63, 3.8) is 0 Å². The first kappa shape index (κ1) is 18.4. The molecule has 1 heterocycles. The van der Waals surface area contributed by atoms with E-state index in [1.165, 1.54) is 30.7 Å². The summed E-state index contributed by atoms with van der Waals surface area (Å²) < 4.78 is 47.6. The highest BCUT2D eigenvalue weighted by molar-refractivity contribution is 5.96. The third-order valence-electron chi connectivity index (χ3n) is 3.05. The zero-order valence-electron chi connectivity index (χ0n) is 12.9. The number of furan rings is 1.